The Bertz CT molecular complexity index is 521. The highest BCUT2D eigenvalue weighted by Gasteiger charge is 2.33. The van der Waals surface area contributed by atoms with E-state index in [0.29, 0.717) is 0 Å². The van der Waals surface area contributed by atoms with Crippen molar-refractivity contribution in [1.82, 2.24) is 4.90 Å². The maximum Gasteiger partial charge on any atom is 0.122 e. The van der Waals surface area contributed by atoms with E-state index in [-0.39, 0.29) is 5.84 Å². The number of nitrogens with one attached hydrogen (secondary N) is 1. The van der Waals surface area contributed by atoms with Gasteiger partial charge in [-0.2, -0.15) is 0 Å². The normalized spacial score (nSPS) is 26.3. The molecule has 21 heavy (non-hydrogen) atoms. The second-order valence-corrected chi connectivity index (χ2v) is 6.78. The van der Waals surface area contributed by atoms with Crippen molar-refractivity contribution >= 4 is 5.84 Å². The van der Waals surface area contributed by atoms with E-state index in [1.165, 1.54) is 56.2 Å². The minimum atomic E-state index is 0.162. The van der Waals surface area contributed by atoms with Crippen LogP contribution in [-0.2, 0) is 6.54 Å². The number of benzene rings is 1. The van der Waals surface area contributed by atoms with Gasteiger partial charge in [-0.3, -0.25) is 10.3 Å². The molecule has 1 heterocycles. The van der Waals surface area contributed by atoms with Crippen molar-refractivity contribution < 1.29 is 0 Å². The lowest BCUT2D eigenvalue weighted by Crippen LogP contribution is -2.46. The Morgan fingerprint density at radius 2 is 2.00 bits per heavy atom. The van der Waals surface area contributed by atoms with Crippen LogP contribution in [-0.4, -0.2) is 23.3 Å². The molecule has 0 bridgehead atoms. The summed E-state index contributed by atoms with van der Waals surface area (Å²) in [5.74, 6) is 1.10. The molecule has 0 radical (unpaired) electrons. The Balaban J connectivity index is 1.74. The van der Waals surface area contributed by atoms with Crippen LogP contribution in [0.1, 0.15) is 55.2 Å². The summed E-state index contributed by atoms with van der Waals surface area (Å²) in [6.07, 6.45) is 8.44. The highest BCUT2D eigenvalue weighted by Crippen LogP contribution is 2.36. The Kier molecular flexibility index (Phi) is 4.29. The number of likely N-dealkylation sites (tertiary alicyclic amines) is 1. The molecule has 1 aliphatic heterocycles. The highest BCUT2D eigenvalue weighted by molar-refractivity contribution is 5.95. The molecule has 0 unspecified atom stereocenters. The van der Waals surface area contributed by atoms with Crippen molar-refractivity contribution in [1.29, 1.82) is 5.41 Å². The molecule has 3 nitrogen and oxygen atoms in total. The van der Waals surface area contributed by atoms with E-state index in [1.54, 1.807) is 0 Å². The number of rotatable bonds is 3. The number of hydrogen-bond donors (Lipinski definition) is 2. The van der Waals surface area contributed by atoms with Crippen LogP contribution in [0, 0.1) is 18.3 Å². The van der Waals surface area contributed by atoms with Gasteiger partial charge in [0.2, 0.25) is 0 Å². The second kappa shape index (κ2) is 6.18. The molecule has 2 fully saturated rings. The molecular formula is C18H27N3. The molecule has 114 valence electrons. The van der Waals surface area contributed by atoms with Gasteiger partial charge in [0.15, 0.2) is 0 Å². The minimum Gasteiger partial charge on any atom is -0.384 e. The summed E-state index contributed by atoms with van der Waals surface area (Å²) >= 11 is 0. The van der Waals surface area contributed by atoms with Crippen LogP contribution in [0.2, 0.25) is 0 Å². The predicted octanol–water partition coefficient (Wildman–Crippen LogP) is 3.43. The van der Waals surface area contributed by atoms with Gasteiger partial charge in [-0.1, -0.05) is 25.0 Å². The van der Waals surface area contributed by atoms with Gasteiger partial charge >= 0.3 is 0 Å². The van der Waals surface area contributed by atoms with Crippen molar-refractivity contribution in [3.63, 3.8) is 0 Å². The lowest BCUT2D eigenvalue weighted by atomic mass is 9.78. The number of nitrogens with two attached hydrogens (primary N) is 1. The quantitative estimate of drug-likeness (QED) is 0.660. The van der Waals surface area contributed by atoms with E-state index in [4.69, 9.17) is 11.1 Å². The first kappa shape index (κ1) is 14.6. The standard InChI is InChI=1S/C18H27N3/c1-13-11-15(18(19)20)8-9-16(13)12-21-10-4-6-14-5-2-3-7-17(14)21/h8-9,11,14,17H,2-7,10,12H2,1H3,(H3,19,20)/t14-,17-/m1/s1. The average molecular weight is 285 g/mol. The predicted molar refractivity (Wildman–Crippen MR) is 87.6 cm³/mol. The molecule has 1 saturated carbocycles. The fourth-order valence-electron chi connectivity index (χ4n) is 4.18. The van der Waals surface area contributed by atoms with Crippen LogP contribution in [0.5, 0.6) is 0 Å². The van der Waals surface area contributed by atoms with E-state index < -0.39 is 0 Å². The SMILES string of the molecule is Cc1cc(C(=N)N)ccc1CN1CCC[C@H]2CCCC[C@H]21. The maximum atomic E-state index is 7.54. The van der Waals surface area contributed by atoms with Gasteiger partial charge in [-0.05, 0) is 62.3 Å². The van der Waals surface area contributed by atoms with Crippen LogP contribution in [0.3, 0.4) is 0 Å². The van der Waals surface area contributed by atoms with E-state index in [1.807, 2.05) is 6.07 Å². The van der Waals surface area contributed by atoms with E-state index >= 15 is 0 Å². The molecule has 0 amide bonds. The van der Waals surface area contributed by atoms with Crippen molar-refractivity contribution in [2.24, 2.45) is 11.7 Å². The topological polar surface area (TPSA) is 53.1 Å². The molecule has 3 heteroatoms. The second-order valence-electron chi connectivity index (χ2n) is 6.78. The summed E-state index contributed by atoms with van der Waals surface area (Å²) in [6.45, 7) is 4.45. The Morgan fingerprint density at radius 3 is 2.76 bits per heavy atom. The van der Waals surface area contributed by atoms with E-state index in [2.05, 4.69) is 24.0 Å². The van der Waals surface area contributed by atoms with Crippen LogP contribution in [0.15, 0.2) is 18.2 Å². The summed E-state index contributed by atoms with van der Waals surface area (Å²) in [6, 6.07) is 7.02. The van der Waals surface area contributed by atoms with Crippen molar-refractivity contribution in [3.8, 4) is 0 Å². The summed E-state index contributed by atoms with van der Waals surface area (Å²) < 4.78 is 0. The maximum absolute atomic E-state index is 7.54. The first-order chi connectivity index (χ1) is 10.1. The molecule has 1 aromatic rings. The number of hydrogen-bond acceptors (Lipinski definition) is 2. The molecule has 1 aromatic carbocycles. The zero-order valence-corrected chi connectivity index (χ0v) is 13.1. The largest absolute Gasteiger partial charge is 0.384 e. The third-order valence-corrected chi connectivity index (χ3v) is 5.39. The summed E-state index contributed by atoms with van der Waals surface area (Å²) in [4.78, 5) is 2.71. The molecule has 0 aromatic heterocycles. The molecule has 2 atom stereocenters. The number of amidine groups is 1. The van der Waals surface area contributed by atoms with Gasteiger partial charge in [-0.25, -0.2) is 0 Å². The lowest BCUT2D eigenvalue weighted by Gasteiger charge is -2.44. The van der Waals surface area contributed by atoms with E-state index in [0.717, 1.165) is 24.1 Å². The van der Waals surface area contributed by atoms with Gasteiger partial charge < -0.3 is 5.73 Å². The zero-order chi connectivity index (χ0) is 14.8. The number of nitrogens with zero attached hydrogens (tertiary/aromatic N) is 1. The van der Waals surface area contributed by atoms with Crippen molar-refractivity contribution in [2.75, 3.05) is 6.54 Å². The fraction of sp³-hybridized carbons (Fsp3) is 0.611. The monoisotopic (exact) mass is 285 g/mol. The number of piperidine rings is 1. The molecule has 3 rings (SSSR count). The van der Waals surface area contributed by atoms with Gasteiger partial charge in [0, 0.05) is 18.2 Å². The average Bonchev–Trinajstić information content (AvgIpc) is 2.49. The third-order valence-electron chi connectivity index (χ3n) is 5.39. The first-order valence-corrected chi connectivity index (χ1v) is 8.33. The summed E-state index contributed by atoms with van der Waals surface area (Å²) in [5, 5.41) is 7.54. The molecule has 3 N–H and O–H groups in total. The van der Waals surface area contributed by atoms with Crippen LogP contribution in [0.25, 0.3) is 0 Å². The Hall–Kier alpha value is -1.35. The smallest absolute Gasteiger partial charge is 0.122 e. The van der Waals surface area contributed by atoms with Crippen LogP contribution < -0.4 is 5.73 Å². The third kappa shape index (κ3) is 3.13. The number of fused-ring (bicyclic) bond motifs is 1. The number of nitrogen functional groups attached to an aromatic ring is 1. The number of aryl methyl sites for hydroxylation is 1. The van der Waals surface area contributed by atoms with Gasteiger partial charge in [0.1, 0.15) is 5.84 Å². The van der Waals surface area contributed by atoms with E-state index in [9.17, 15) is 0 Å². The fourth-order valence-corrected chi connectivity index (χ4v) is 4.18. The minimum absolute atomic E-state index is 0.162. The van der Waals surface area contributed by atoms with Crippen molar-refractivity contribution in [3.05, 3.63) is 34.9 Å². The molecule has 1 saturated heterocycles. The van der Waals surface area contributed by atoms with Gasteiger partial charge in [-0.15, -0.1) is 0 Å². The molecule has 1 aliphatic carbocycles. The lowest BCUT2D eigenvalue weighted by molar-refractivity contribution is 0.0545. The Morgan fingerprint density at radius 1 is 1.24 bits per heavy atom. The van der Waals surface area contributed by atoms with Crippen molar-refractivity contribution in [2.45, 2.75) is 58.0 Å². The van der Waals surface area contributed by atoms with Crippen LogP contribution >= 0.6 is 0 Å². The summed E-state index contributed by atoms with van der Waals surface area (Å²) in [7, 11) is 0. The highest BCUT2D eigenvalue weighted by atomic mass is 15.2. The van der Waals surface area contributed by atoms with Gasteiger partial charge in [0.25, 0.3) is 0 Å². The summed E-state index contributed by atoms with van der Waals surface area (Å²) in [5.41, 5.74) is 9.07. The first-order valence-electron chi connectivity index (χ1n) is 8.33. The zero-order valence-electron chi connectivity index (χ0n) is 13.1. The molecule has 0 spiro atoms. The van der Waals surface area contributed by atoms with Crippen LogP contribution in [0.4, 0.5) is 0 Å². The van der Waals surface area contributed by atoms with Gasteiger partial charge in [0.05, 0.1) is 0 Å². The molecule has 2 aliphatic rings. The molecular weight excluding hydrogens is 258 g/mol. The Labute approximate surface area is 128 Å².